The van der Waals surface area contributed by atoms with Crippen LogP contribution in [-0.2, 0) is 38.4 Å². The first-order chi connectivity index (χ1) is 14.0. The molecule has 0 aromatic rings. The fraction of sp³-hybridized carbons (Fsp3) is 0.895. The average Bonchev–Trinajstić information content (AvgIpc) is 2.52. The van der Waals surface area contributed by atoms with E-state index in [2.05, 4.69) is 0 Å². The van der Waals surface area contributed by atoms with Gasteiger partial charge in [-0.05, 0) is 61.1 Å². The molecule has 0 rings (SSSR count). The van der Waals surface area contributed by atoms with E-state index in [0.717, 1.165) is 6.26 Å². The van der Waals surface area contributed by atoms with Crippen molar-refractivity contribution >= 4 is 32.7 Å². The zero-order chi connectivity index (χ0) is 24.9. The Morgan fingerprint density at radius 2 is 1.06 bits per heavy atom. The van der Waals surface area contributed by atoms with Crippen LogP contribution in [0, 0.1) is 0 Å². The van der Waals surface area contributed by atoms with Crippen molar-refractivity contribution in [1.82, 2.24) is 9.80 Å². The van der Waals surface area contributed by atoms with Crippen LogP contribution in [0.15, 0.2) is 0 Å². The van der Waals surface area contributed by atoms with Gasteiger partial charge in [-0.1, -0.05) is 10.7 Å². The van der Waals surface area contributed by atoms with E-state index < -0.39 is 32.7 Å². The number of rotatable bonds is 10. The van der Waals surface area contributed by atoms with Crippen molar-refractivity contribution in [2.75, 3.05) is 31.0 Å². The Kier molecular flexibility index (Phi) is 21.3. The molecule has 10 nitrogen and oxygen atoms in total. The van der Waals surface area contributed by atoms with Gasteiger partial charge in [0.05, 0.1) is 12.4 Å². The zero-order valence-corrected chi connectivity index (χ0v) is 27.7. The number of hydrogen-bond acceptors (Lipinski definition) is 9. The minimum atomic E-state index is -3.08. The van der Waals surface area contributed by atoms with Crippen LogP contribution in [0.25, 0.3) is 0 Å². The second kappa shape index (κ2) is 18.6. The molecule has 2 amide bonds. The van der Waals surface area contributed by atoms with Gasteiger partial charge < -0.3 is 27.7 Å². The molecule has 0 bridgehead atoms. The molecule has 0 heterocycles. The van der Waals surface area contributed by atoms with Crippen molar-refractivity contribution in [3.8, 4) is 0 Å². The van der Waals surface area contributed by atoms with Crippen LogP contribution in [0.2, 0.25) is 0 Å². The number of carbonyl (C=O) groups excluding carboxylic acids is 2. The van der Waals surface area contributed by atoms with E-state index in [-0.39, 0.29) is 107 Å². The van der Waals surface area contributed by atoms with Gasteiger partial charge in [-0.25, -0.2) is 18.0 Å². The summed E-state index contributed by atoms with van der Waals surface area (Å²) < 4.78 is 51.9. The molecule has 0 atom stereocenters. The molecular formula is C19H39N2O8RbS2. The van der Waals surface area contributed by atoms with Gasteiger partial charge in [-0.15, -0.1) is 0 Å². The maximum absolute atomic E-state index is 11.6. The molecule has 0 aliphatic rings. The molecule has 0 N–H and O–H groups in total. The first-order valence-corrected chi connectivity index (χ1v) is 13.4. The predicted octanol–water partition coefficient (Wildman–Crippen LogP) is -0.158. The molecule has 0 saturated carbocycles. The molecule has 0 radical (unpaired) electrons. The van der Waals surface area contributed by atoms with Crippen molar-refractivity contribution < 1.29 is 94.1 Å². The number of hydrogen-bond donors (Lipinski definition) is 0. The third kappa shape index (κ3) is 18.6. The molecule has 0 aromatic heterocycles. The summed E-state index contributed by atoms with van der Waals surface area (Å²) in [5.41, 5.74) is 0. The Morgan fingerprint density at radius 1 is 0.750 bits per heavy atom. The Hall–Kier alpha value is 0.245. The summed E-state index contributed by atoms with van der Waals surface area (Å²) in [6.45, 7) is 14.9. The van der Waals surface area contributed by atoms with E-state index in [1.165, 1.54) is 0 Å². The molecular weight excluding hydrogens is 534 g/mol. The van der Waals surface area contributed by atoms with Crippen molar-refractivity contribution in [2.24, 2.45) is 0 Å². The van der Waals surface area contributed by atoms with E-state index in [1.54, 1.807) is 9.80 Å². The monoisotopic (exact) mass is 572 g/mol. The first-order valence-electron chi connectivity index (χ1n) is 10.1. The average molecular weight is 573 g/mol. The van der Waals surface area contributed by atoms with Crippen LogP contribution < -0.4 is 58.2 Å². The number of nitrogens with zero attached hydrogens (tertiary/aromatic N) is 2. The number of amides is 2. The van der Waals surface area contributed by atoms with E-state index in [9.17, 15) is 26.4 Å². The SMILES string of the molecule is CC(C)N(C(=O)OCCS(C)(=O)=O)C(C)C.CC(C)N(C(=O)OCC[S-](=O)=O)C(C)C.[Rb+]. The molecule has 0 aromatic carbocycles. The second-order valence-corrected chi connectivity index (χ2v) is 11.3. The van der Waals surface area contributed by atoms with E-state index in [4.69, 9.17) is 9.47 Å². The summed E-state index contributed by atoms with van der Waals surface area (Å²) in [6.07, 6.45) is 0.183. The number of ether oxygens (including phenoxy) is 2. The molecule has 0 aliphatic carbocycles. The second-order valence-electron chi connectivity index (χ2n) is 8.06. The van der Waals surface area contributed by atoms with E-state index in [0.29, 0.717) is 0 Å². The number of carbonyl (C=O) groups is 2. The van der Waals surface area contributed by atoms with E-state index >= 15 is 0 Å². The van der Waals surface area contributed by atoms with Crippen molar-refractivity contribution in [3.63, 3.8) is 0 Å². The van der Waals surface area contributed by atoms with Gasteiger partial charge >= 0.3 is 70.4 Å². The first kappa shape index (κ1) is 36.8. The Morgan fingerprint density at radius 3 is 1.31 bits per heavy atom. The van der Waals surface area contributed by atoms with Gasteiger partial charge in [0, 0.05) is 30.4 Å². The predicted molar refractivity (Wildman–Crippen MR) is 120 cm³/mol. The fourth-order valence-corrected chi connectivity index (χ4v) is 3.27. The quantitative estimate of drug-likeness (QED) is 0.331. The molecule has 0 saturated heterocycles. The summed E-state index contributed by atoms with van der Waals surface area (Å²) in [6, 6.07) is 0.141. The molecule has 0 fully saturated rings. The van der Waals surface area contributed by atoms with Gasteiger partial charge in [0.25, 0.3) is 0 Å². The van der Waals surface area contributed by atoms with Crippen LogP contribution in [0.1, 0.15) is 55.4 Å². The molecule has 32 heavy (non-hydrogen) atoms. The summed E-state index contributed by atoms with van der Waals surface area (Å²) in [5, 5.41) is 0. The number of sulfone groups is 1. The fourth-order valence-electron chi connectivity index (χ4n) is 2.66. The van der Waals surface area contributed by atoms with Gasteiger partial charge in [-0.3, -0.25) is 0 Å². The summed E-state index contributed by atoms with van der Waals surface area (Å²) >= 11 is 0. The van der Waals surface area contributed by atoms with E-state index in [1.807, 2.05) is 55.4 Å². The Bertz CT molecular complexity index is 699. The molecule has 0 aliphatic heterocycles. The topological polar surface area (TPSA) is 127 Å². The van der Waals surface area contributed by atoms with Gasteiger partial charge in [0.15, 0.2) is 9.84 Å². The maximum Gasteiger partial charge on any atom is 1.00 e. The molecule has 186 valence electrons. The molecule has 13 heteroatoms. The van der Waals surface area contributed by atoms with Crippen molar-refractivity contribution in [1.29, 1.82) is 0 Å². The van der Waals surface area contributed by atoms with Crippen LogP contribution >= 0.6 is 0 Å². The Balaban J connectivity index is -0.000000511. The minimum absolute atomic E-state index is 0. The Labute approximate surface area is 244 Å². The van der Waals surface area contributed by atoms with Crippen LogP contribution in [-0.4, -0.2) is 85.5 Å². The third-order valence-electron chi connectivity index (χ3n) is 3.80. The van der Waals surface area contributed by atoms with Crippen LogP contribution in [0.5, 0.6) is 0 Å². The maximum atomic E-state index is 11.6. The van der Waals surface area contributed by atoms with Crippen LogP contribution in [0.3, 0.4) is 0 Å². The smallest absolute Gasteiger partial charge is 0.451 e. The van der Waals surface area contributed by atoms with Gasteiger partial charge in [0.1, 0.15) is 6.61 Å². The van der Waals surface area contributed by atoms with Crippen LogP contribution in [0.4, 0.5) is 9.59 Å². The summed E-state index contributed by atoms with van der Waals surface area (Å²) in [5.74, 6) is -0.293. The normalized spacial score (nSPS) is 11.2. The van der Waals surface area contributed by atoms with Crippen molar-refractivity contribution in [2.45, 2.75) is 79.6 Å². The van der Waals surface area contributed by atoms with Crippen molar-refractivity contribution in [3.05, 3.63) is 0 Å². The molecule has 0 unspecified atom stereocenters. The third-order valence-corrected chi connectivity index (χ3v) is 5.21. The zero-order valence-electron chi connectivity index (χ0n) is 21.1. The summed E-state index contributed by atoms with van der Waals surface area (Å²) in [4.78, 5) is 26.3. The summed E-state index contributed by atoms with van der Waals surface area (Å²) in [7, 11) is -5.24. The molecule has 0 spiro atoms. The van der Waals surface area contributed by atoms with Gasteiger partial charge in [-0.2, -0.15) is 0 Å². The largest absolute Gasteiger partial charge is 1.00 e. The standard InChI is InChI=1S/C10H21NO4S.C9H18NO4S.Rb/c1-8(2)11(9(3)4)10(12)15-6-7-16(5,13)14;1-7(2)10(8(3)4)9(11)14-5-6-15(12)13;/h8-9H,6-7H2,1-5H3;7-8H,5-6H2,1-4H3;/q;-1;+1. The van der Waals surface area contributed by atoms with Gasteiger partial charge in [0.2, 0.25) is 0 Å². The minimum Gasteiger partial charge on any atom is -0.451 e.